The first-order valence-corrected chi connectivity index (χ1v) is 15.0. The lowest BCUT2D eigenvalue weighted by Gasteiger charge is -2.39. The molecule has 4 aromatic carbocycles. The van der Waals surface area contributed by atoms with E-state index in [1.165, 1.54) is 0 Å². The van der Waals surface area contributed by atoms with E-state index in [9.17, 15) is 9.59 Å². The van der Waals surface area contributed by atoms with E-state index in [0.717, 1.165) is 28.2 Å². The van der Waals surface area contributed by atoms with Crippen LogP contribution in [-0.4, -0.2) is 30.8 Å². The molecule has 0 saturated heterocycles. The van der Waals surface area contributed by atoms with Gasteiger partial charge in [0.25, 0.3) is 11.8 Å². The van der Waals surface area contributed by atoms with Gasteiger partial charge in [0, 0.05) is 54.8 Å². The largest absolute Gasteiger partial charge is 0.378 e. The van der Waals surface area contributed by atoms with Crippen molar-refractivity contribution in [3.05, 3.63) is 147 Å². The van der Waals surface area contributed by atoms with Gasteiger partial charge in [-0.15, -0.1) is 0 Å². The number of hydrogen-bond acceptors (Lipinski definition) is 4. The number of rotatable bonds is 8. The molecular formula is C36H34Cl2N4O2. The van der Waals surface area contributed by atoms with E-state index < -0.39 is 5.92 Å². The van der Waals surface area contributed by atoms with Crippen molar-refractivity contribution in [1.29, 1.82) is 0 Å². The molecule has 1 heterocycles. The maximum atomic E-state index is 14.3. The molecule has 6 nitrogen and oxygen atoms in total. The molecule has 0 radical (unpaired) electrons. The third-order valence-corrected chi connectivity index (χ3v) is 8.49. The molecule has 0 unspecified atom stereocenters. The molecule has 0 aromatic heterocycles. The van der Waals surface area contributed by atoms with Crippen LogP contribution in [0.2, 0.25) is 10.0 Å². The van der Waals surface area contributed by atoms with E-state index in [1.807, 2.05) is 117 Å². The first-order valence-electron chi connectivity index (χ1n) is 14.3. The molecule has 8 heteroatoms. The van der Waals surface area contributed by atoms with E-state index in [1.54, 1.807) is 24.3 Å². The highest BCUT2D eigenvalue weighted by Crippen LogP contribution is 2.44. The predicted molar refractivity (Wildman–Crippen MR) is 181 cm³/mol. The number of carbonyl (C=O) groups is 2. The lowest BCUT2D eigenvalue weighted by atomic mass is 9.78. The van der Waals surface area contributed by atoms with Crippen LogP contribution in [0.4, 0.5) is 17.1 Å². The van der Waals surface area contributed by atoms with Gasteiger partial charge < -0.3 is 20.4 Å². The molecule has 5 rings (SSSR count). The fourth-order valence-electron chi connectivity index (χ4n) is 5.50. The number of benzene rings is 4. The second-order valence-electron chi connectivity index (χ2n) is 10.9. The van der Waals surface area contributed by atoms with Gasteiger partial charge in [0.1, 0.15) is 0 Å². The van der Waals surface area contributed by atoms with Crippen molar-refractivity contribution in [2.75, 3.05) is 29.6 Å². The van der Waals surface area contributed by atoms with Gasteiger partial charge in [-0.1, -0.05) is 89.9 Å². The Morgan fingerprint density at radius 1 is 0.682 bits per heavy atom. The van der Waals surface area contributed by atoms with Crippen molar-refractivity contribution in [2.24, 2.45) is 0 Å². The van der Waals surface area contributed by atoms with Crippen LogP contribution in [0.25, 0.3) is 0 Å². The highest BCUT2D eigenvalue weighted by molar-refractivity contribution is 6.34. The summed E-state index contributed by atoms with van der Waals surface area (Å²) >= 11 is 12.9. The Hall–Kier alpha value is -4.52. The number of hydrogen-bond donors (Lipinski definition) is 2. The maximum absolute atomic E-state index is 14.3. The second-order valence-corrected chi connectivity index (χ2v) is 11.7. The number of allylic oxidation sites excluding steroid dienone is 2. The highest BCUT2D eigenvalue weighted by atomic mass is 35.5. The SMILES string of the molecule is CC1=C(C(=O)Nc2ccccc2Cl)C(c2ccc(N(C)C)cc2)C(C(=O)Nc2ccccc2Cl)=C(C)N1Cc1ccccc1. The van der Waals surface area contributed by atoms with Crippen LogP contribution < -0.4 is 15.5 Å². The average Bonchev–Trinajstić information content (AvgIpc) is 3.01. The monoisotopic (exact) mass is 624 g/mol. The standard InChI is InChI=1S/C36H34Cl2N4O2/c1-23-32(35(43)39-30-16-10-8-14-28(30)37)34(26-18-20-27(21-19-26)41(3)4)33(36(44)40-31-17-11-9-15-29(31)38)24(2)42(23)22-25-12-6-5-7-13-25/h5-21,34H,22H2,1-4H3,(H,39,43)(H,40,44). The van der Waals surface area contributed by atoms with Crippen molar-refractivity contribution < 1.29 is 9.59 Å². The number of halogens is 2. The summed E-state index contributed by atoms with van der Waals surface area (Å²) in [6.07, 6.45) is 0. The molecule has 224 valence electrons. The summed E-state index contributed by atoms with van der Waals surface area (Å²) in [4.78, 5) is 32.7. The number of amides is 2. The summed E-state index contributed by atoms with van der Waals surface area (Å²) in [5.74, 6) is -1.36. The molecule has 0 aliphatic carbocycles. The predicted octanol–water partition coefficient (Wildman–Crippen LogP) is 8.48. The van der Waals surface area contributed by atoms with E-state index in [2.05, 4.69) is 10.6 Å². The number of carbonyl (C=O) groups excluding carboxylic acids is 2. The molecule has 0 bridgehead atoms. The number of anilines is 3. The average molecular weight is 626 g/mol. The van der Waals surface area contributed by atoms with Crippen LogP contribution in [-0.2, 0) is 16.1 Å². The molecule has 0 saturated carbocycles. The smallest absolute Gasteiger partial charge is 0.254 e. The Kier molecular flexibility index (Phi) is 9.43. The zero-order valence-corrected chi connectivity index (χ0v) is 26.6. The summed E-state index contributed by atoms with van der Waals surface area (Å²) in [5.41, 5.74) is 6.22. The zero-order chi connectivity index (χ0) is 31.4. The minimum absolute atomic E-state index is 0.342. The van der Waals surface area contributed by atoms with Crippen LogP contribution in [0.15, 0.2) is 126 Å². The molecular weight excluding hydrogens is 591 g/mol. The van der Waals surface area contributed by atoms with Crippen molar-refractivity contribution in [1.82, 2.24) is 4.90 Å². The zero-order valence-electron chi connectivity index (χ0n) is 25.1. The first kappa shape index (κ1) is 30.9. The van der Waals surface area contributed by atoms with E-state index in [0.29, 0.717) is 39.1 Å². The Labute approximate surface area is 268 Å². The van der Waals surface area contributed by atoms with Crippen LogP contribution >= 0.6 is 23.2 Å². The summed E-state index contributed by atoms with van der Waals surface area (Å²) < 4.78 is 0. The maximum Gasteiger partial charge on any atom is 0.254 e. The van der Waals surface area contributed by atoms with Gasteiger partial charge in [0.05, 0.1) is 21.4 Å². The molecule has 44 heavy (non-hydrogen) atoms. The third kappa shape index (κ3) is 6.52. The van der Waals surface area contributed by atoms with Crippen LogP contribution in [0.1, 0.15) is 30.9 Å². The topological polar surface area (TPSA) is 64.7 Å². The van der Waals surface area contributed by atoms with Gasteiger partial charge in [-0.25, -0.2) is 0 Å². The second kappa shape index (κ2) is 13.4. The minimum atomic E-state index is -0.678. The summed E-state index contributed by atoms with van der Waals surface area (Å²) in [7, 11) is 3.94. The van der Waals surface area contributed by atoms with Crippen LogP contribution in [0.3, 0.4) is 0 Å². The number of nitrogens with one attached hydrogen (secondary N) is 2. The van der Waals surface area contributed by atoms with Crippen LogP contribution in [0.5, 0.6) is 0 Å². The third-order valence-electron chi connectivity index (χ3n) is 7.83. The van der Waals surface area contributed by atoms with Gasteiger partial charge in [0.15, 0.2) is 0 Å². The van der Waals surface area contributed by atoms with E-state index in [4.69, 9.17) is 23.2 Å². The summed E-state index contributed by atoms with van der Waals surface area (Å²) in [5, 5.41) is 6.88. The molecule has 2 N–H and O–H groups in total. The molecule has 0 atom stereocenters. The van der Waals surface area contributed by atoms with E-state index in [-0.39, 0.29) is 11.8 Å². The molecule has 2 amide bonds. The van der Waals surface area contributed by atoms with Crippen molar-refractivity contribution in [2.45, 2.75) is 26.3 Å². The summed E-state index contributed by atoms with van der Waals surface area (Å²) in [6, 6.07) is 32.1. The lowest BCUT2D eigenvalue weighted by Crippen LogP contribution is -2.37. The molecule has 1 aliphatic heterocycles. The molecule has 0 fully saturated rings. The molecule has 1 aliphatic rings. The first-order chi connectivity index (χ1) is 21.2. The summed E-state index contributed by atoms with van der Waals surface area (Å²) in [6.45, 7) is 4.33. The number of para-hydroxylation sites is 2. The highest BCUT2D eigenvalue weighted by Gasteiger charge is 2.39. The van der Waals surface area contributed by atoms with Gasteiger partial charge in [-0.05, 0) is 61.4 Å². The van der Waals surface area contributed by atoms with Crippen molar-refractivity contribution in [3.8, 4) is 0 Å². The van der Waals surface area contributed by atoms with Crippen LogP contribution in [0, 0.1) is 0 Å². The fourth-order valence-corrected chi connectivity index (χ4v) is 5.87. The van der Waals surface area contributed by atoms with Gasteiger partial charge in [-0.2, -0.15) is 0 Å². The van der Waals surface area contributed by atoms with Crippen molar-refractivity contribution in [3.63, 3.8) is 0 Å². The minimum Gasteiger partial charge on any atom is -0.378 e. The Balaban J connectivity index is 1.69. The van der Waals surface area contributed by atoms with Gasteiger partial charge in [-0.3, -0.25) is 9.59 Å². The fraction of sp³-hybridized carbons (Fsp3) is 0.167. The Bertz CT molecular complexity index is 1660. The normalized spacial score (nSPS) is 13.6. The quantitative estimate of drug-likeness (QED) is 0.206. The Morgan fingerprint density at radius 2 is 1.14 bits per heavy atom. The Morgan fingerprint density at radius 3 is 1.59 bits per heavy atom. The van der Waals surface area contributed by atoms with E-state index >= 15 is 0 Å². The van der Waals surface area contributed by atoms with Gasteiger partial charge >= 0.3 is 0 Å². The number of nitrogens with zero attached hydrogens (tertiary/aromatic N) is 2. The lowest BCUT2D eigenvalue weighted by molar-refractivity contribution is -0.113. The van der Waals surface area contributed by atoms with Crippen molar-refractivity contribution >= 4 is 52.1 Å². The molecule has 0 spiro atoms. The molecule has 4 aromatic rings. The van der Waals surface area contributed by atoms with Gasteiger partial charge in [0.2, 0.25) is 0 Å².